The summed E-state index contributed by atoms with van der Waals surface area (Å²) in [6.07, 6.45) is 3.36. The van der Waals surface area contributed by atoms with Crippen LogP contribution in [0.15, 0.2) is 18.2 Å². The molecule has 1 aromatic carbocycles. The van der Waals surface area contributed by atoms with E-state index in [9.17, 15) is 0 Å². The van der Waals surface area contributed by atoms with Gasteiger partial charge in [0.15, 0.2) is 0 Å². The summed E-state index contributed by atoms with van der Waals surface area (Å²) in [5.74, 6) is 0. The molecule has 2 aliphatic rings. The molecule has 0 aliphatic carbocycles. The predicted molar refractivity (Wildman–Crippen MR) is 74.1 cm³/mol. The molecule has 2 aliphatic heterocycles. The Morgan fingerprint density at radius 1 is 1.28 bits per heavy atom. The molecule has 2 fully saturated rings. The van der Waals surface area contributed by atoms with Crippen LogP contribution in [0.3, 0.4) is 0 Å². The molecule has 0 saturated carbocycles. The zero-order valence-corrected chi connectivity index (χ0v) is 11.3. The lowest BCUT2D eigenvalue weighted by Gasteiger charge is -2.35. The molecule has 1 N–H and O–H groups in total. The minimum Gasteiger partial charge on any atom is -0.371 e. The van der Waals surface area contributed by atoms with Crippen LogP contribution < -0.4 is 10.2 Å². The summed E-state index contributed by atoms with van der Waals surface area (Å²) >= 11 is 0. The molecule has 0 amide bonds. The number of nitrogens with one attached hydrogen (secondary N) is 1. The Hall–Kier alpha value is -1.06. The van der Waals surface area contributed by atoms with Crippen molar-refractivity contribution in [1.82, 2.24) is 5.32 Å². The van der Waals surface area contributed by atoms with Crippen LogP contribution >= 0.6 is 0 Å². The summed E-state index contributed by atoms with van der Waals surface area (Å²) in [5, 5.41) is 3.27. The van der Waals surface area contributed by atoms with E-state index in [0.29, 0.717) is 12.2 Å². The van der Waals surface area contributed by atoms with E-state index in [1.807, 2.05) is 7.05 Å². The summed E-state index contributed by atoms with van der Waals surface area (Å²) in [6, 6.07) is 6.78. The molecule has 18 heavy (non-hydrogen) atoms. The molecule has 3 heteroatoms. The number of hydrogen-bond donors (Lipinski definition) is 1. The van der Waals surface area contributed by atoms with Crippen molar-refractivity contribution in [2.75, 3.05) is 25.0 Å². The van der Waals surface area contributed by atoms with Crippen LogP contribution in [0.2, 0.25) is 0 Å². The molecule has 0 radical (unpaired) electrons. The average Bonchev–Trinajstić information content (AvgIpc) is 2.69. The zero-order valence-electron chi connectivity index (χ0n) is 11.3. The number of aryl methyl sites for hydroxylation is 1. The van der Waals surface area contributed by atoms with E-state index in [1.54, 1.807) is 0 Å². The highest BCUT2D eigenvalue weighted by Gasteiger charge is 2.34. The highest BCUT2D eigenvalue weighted by molar-refractivity contribution is 5.55. The van der Waals surface area contributed by atoms with Gasteiger partial charge in [-0.3, -0.25) is 0 Å². The second-order valence-corrected chi connectivity index (χ2v) is 5.52. The van der Waals surface area contributed by atoms with Crippen molar-refractivity contribution in [3.63, 3.8) is 0 Å². The fourth-order valence-electron chi connectivity index (χ4n) is 3.17. The molecular weight excluding hydrogens is 224 g/mol. The first-order valence-corrected chi connectivity index (χ1v) is 6.91. The van der Waals surface area contributed by atoms with Gasteiger partial charge in [-0.05, 0) is 38.4 Å². The SMILES string of the molecule is CNCc1cc(C)ccc1N1CC2CCC(C1)O2. The van der Waals surface area contributed by atoms with E-state index in [0.717, 1.165) is 19.6 Å². The van der Waals surface area contributed by atoms with Gasteiger partial charge in [-0.2, -0.15) is 0 Å². The van der Waals surface area contributed by atoms with Gasteiger partial charge in [-0.25, -0.2) is 0 Å². The number of nitrogens with zero attached hydrogens (tertiary/aromatic N) is 1. The number of anilines is 1. The van der Waals surface area contributed by atoms with Gasteiger partial charge in [0.1, 0.15) is 0 Å². The van der Waals surface area contributed by atoms with E-state index in [1.165, 1.54) is 29.7 Å². The molecule has 2 atom stereocenters. The number of rotatable bonds is 3. The van der Waals surface area contributed by atoms with Crippen molar-refractivity contribution in [2.24, 2.45) is 0 Å². The van der Waals surface area contributed by atoms with E-state index >= 15 is 0 Å². The van der Waals surface area contributed by atoms with Crippen molar-refractivity contribution in [3.05, 3.63) is 29.3 Å². The van der Waals surface area contributed by atoms with Gasteiger partial charge in [-0.15, -0.1) is 0 Å². The third kappa shape index (κ3) is 2.25. The predicted octanol–water partition coefficient (Wildman–Crippen LogP) is 2.08. The highest BCUT2D eigenvalue weighted by atomic mass is 16.5. The number of fused-ring (bicyclic) bond motifs is 2. The number of hydrogen-bond acceptors (Lipinski definition) is 3. The summed E-state index contributed by atoms with van der Waals surface area (Å²) in [7, 11) is 2.01. The molecule has 2 bridgehead atoms. The lowest BCUT2D eigenvalue weighted by atomic mass is 10.1. The smallest absolute Gasteiger partial charge is 0.0755 e. The maximum Gasteiger partial charge on any atom is 0.0755 e. The van der Waals surface area contributed by atoms with Crippen LogP contribution in [-0.4, -0.2) is 32.3 Å². The molecule has 2 unspecified atom stereocenters. The maximum absolute atomic E-state index is 5.92. The average molecular weight is 246 g/mol. The summed E-state index contributed by atoms with van der Waals surface area (Å²) in [5.41, 5.74) is 4.12. The van der Waals surface area contributed by atoms with Gasteiger partial charge in [0.2, 0.25) is 0 Å². The Bertz CT molecular complexity index is 421. The van der Waals surface area contributed by atoms with Crippen LogP contribution in [0.5, 0.6) is 0 Å². The van der Waals surface area contributed by atoms with Gasteiger partial charge in [0.05, 0.1) is 12.2 Å². The summed E-state index contributed by atoms with van der Waals surface area (Å²) in [6.45, 7) is 5.20. The Kier molecular flexibility index (Phi) is 3.27. The van der Waals surface area contributed by atoms with Crippen LogP contribution in [-0.2, 0) is 11.3 Å². The van der Waals surface area contributed by atoms with Gasteiger partial charge in [0, 0.05) is 25.3 Å². The summed E-state index contributed by atoms with van der Waals surface area (Å²) in [4.78, 5) is 2.51. The quantitative estimate of drug-likeness (QED) is 0.884. The van der Waals surface area contributed by atoms with Crippen molar-refractivity contribution in [3.8, 4) is 0 Å². The van der Waals surface area contributed by atoms with Crippen molar-refractivity contribution in [2.45, 2.75) is 38.5 Å². The van der Waals surface area contributed by atoms with E-state index in [4.69, 9.17) is 4.74 Å². The molecule has 98 valence electrons. The molecule has 3 rings (SSSR count). The van der Waals surface area contributed by atoms with E-state index in [-0.39, 0.29) is 0 Å². The first-order valence-electron chi connectivity index (χ1n) is 6.91. The number of morpholine rings is 1. The van der Waals surface area contributed by atoms with Crippen molar-refractivity contribution in [1.29, 1.82) is 0 Å². The van der Waals surface area contributed by atoms with Crippen molar-refractivity contribution >= 4 is 5.69 Å². The lowest BCUT2D eigenvalue weighted by Crippen LogP contribution is -2.43. The van der Waals surface area contributed by atoms with Gasteiger partial charge < -0.3 is 15.0 Å². The summed E-state index contributed by atoms with van der Waals surface area (Å²) < 4.78 is 5.92. The fourth-order valence-corrected chi connectivity index (χ4v) is 3.17. The minimum absolute atomic E-state index is 0.451. The number of ether oxygens (including phenoxy) is 1. The van der Waals surface area contributed by atoms with Crippen molar-refractivity contribution < 1.29 is 4.74 Å². The Morgan fingerprint density at radius 3 is 2.67 bits per heavy atom. The fraction of sp³-hybridized carbons (Fsp3) is 0.600. The monoisotopic (exact) mass is 246 g/mol. The zero-order chi connectivity index (χ0) is 12.5. The van der Waals surface area contributed by atoms with Gasteiger partial charge >= 0.3 is 0 Å². The first kappa shape index (κ1) is 12.0. The van der Waals surface area contributed by atoms with Crippen LogP contribution in [0.25, 0.3) is 0 Å². The Balaban J connectivity index is 1.86. The molecule has 0 aromatic heterocycles. The standard InChI is InChI=1S/C15H22N2O/c1-11-3-6-15(12(7-11)8-16-2)17-9-13-4-5-14(10-17)18-13/h3,6-7,13-14,16H,4-5,8-10H2,1-2H3. The van der Waals surface area contributed by atoms with E-state index in [2.05, 4.69) is 35.3 Å². The molecular formula is C15H22N2O. The lowest BCUT2D eigenvalue weighted by molar-refractivity contribution is 0.0304. The molecule has 3 nitrogen and oxygen atoms in total. The van der Waals surface area contributed by atoms with Gasteiger partial charge in [0.25, 0.3) is 0 Å². The Morgan fingerprint density at radius 2 is 2.00 bits per heavy atom. The normalized spacial score (nSPS) is 26.7. The number of benzene rings is 1. The second kappa shape index (κ2) is 4.90. The Labute approximate surface area is 109 Å². The van der Waals surface area contributed by atoms with Crippen LogP contribution in [0.4, 0.5) is 5.69 Å². The van der Waals surface area contributed by atoms with Gasteiger partial charge in [-0.1, -0.05) is 17.7 Å². The topological polar surface area (TPSA) is 24.5 Å². The minimum atomic E-state index is 0.451. The second-order valence-electron chi connectivity index (χ2n) is 5.52. The molecule has 1 aromatic rings. The molecule has 2 heterocycles. The largest absolute Gasteiger partial charge is 0.371 e. The maximum atomic E-state index is 5.92. The van der Waals surface area contributed by atoms with Crippen LogP contribution in [0, 0.1) is 6.92 Å². The first-order chi connectivity index (χ1) is 8.76. The highest BCUT2D eigenvalue weighted by Crippen LogP contribution is 2.31. The van der Waals surface area contributed by atoms with E-state index < -0.39 is 0 Å². The van der Waals surface area contributed by atoms with Crippen LogP contribution in [0.1, 0.15) is 24.0 Å². The third-order valence-corrected chi connectivity index (χ3v) is 3.99. The molecule has 0 spiro atoms. The third-order valence-electron chi connectivity index (χ3n) is 3.99. The molecule has 2 saturated heterocycles.